The topological polar surface area (TPSA) is 93.0 Å². The van der Waals surface area contributed by atoms with Crippen molar-refractivity contribution in [3.63, 3.8) is 0 Å². The molecule has 1 unspecified atom stereocenters. The Bertz CT molecular complexity index is 956. The van der Waals surface area contributed by atoms with Crippen LogP contribution in [0.5, 0.6) is 0 Å². The molecule has 0 radical (unpaired) electrons. The van der Waals surface area contributed by atoms with E-state index in [0.717, 1.165) is 12.8 Å². The molecule has 1 atom stereocenters. The highest BCUT2D eigenvalue weighted by atomic mass is 32.2. The van der Waals surface area contributed by atoms with E-state index in [1.165, 1.54) is 21.3 Å². The van der Waals surface area contributed by atoms with Crippen molar-refractivity contribution in [1.29, 1.82) is 0 Å². The lowest BCUT2D eigenvalue weighted by Gasteiger charge is -2.31. The molecule has 2 aliphatic heterocycles. The van der Waals surface area contributed by atoms with Crippen LogP contribution in [0.2, 0.25) is 0 Å². The van der Waals surface area contributed by atoms with Crippen molar-refractivity contribution >= 4 is 32.7 Å². The van der Waals surface area contributed by atoms with Gasteiger partial charge in [-0.15, -0.1) is 11.3 Å². The Morgan fingerprint density at radius 1 is 1.18 bits per heavy atom. The average Bonchev–Trinajstić information content (AvgIpc) is 3.39. The SMILES string of the molecule is O=[N+]([O-])c1ccc(N2CCCC2c2cccs2)c(S(=O)(=O)N2CCOCC2)c1. The minimum atomic E-state index is -3.87. The van der Waals surface area contributed by atoms with Gasteiger partial charge in [-0.3, -0.25) is 10.1 Å². The maximum atomic E-state index is 13.4. The standard InChI is InChI=1S/C18H21N3O5S2/c22-21(23)14-5-6-16(20-7-1-3-15(20)17-4-2-12-27-17)18(13-14)28(24,25)19-8-10-26-11-9-19/h2,4-6,12-13,15H,1,3,7-11H2. The Kier molecular flexibility index (Phi) is 5.37. The van der Waals surface area contributed by atoms with E-state index in [-0.39, 0.29) is 29.7 Å². The summed E-state index contributed by atoms with van der Waals surface area (Å²) in [5.41, 5.74) is 0.315. The molecule has 2 fully saturated rings. The Labute approximate surface area is 167 Å². The van der Waals surface area contributed by atoms with Crippen molar-refractivity contribution < 1.29 is 18.1 Å². The van der Waals surface area contributed by atoms with E-state index in [1.54, 1.807) is 17.4 Å². The number of nitrogens with zero attached hydrogens (tertiary/aromatic N) is 3. The van der Waals surface area contributed by atoms with E-state index < -0.39 is 14.9 Å². The molecule has 4 rings (SSSR count). The number of hydrogen-bond acceptors (Lipinski definition) is 7. The van der Waals surface area contributed by atoms with E-state index in [4.69, 9.17) is 4.74 Å². The smallest absolute Gasteiger partial charge is 0.270 e. The van der Waals surface area contributed by atoms with Crippen molar-refractivity contribution in [2.24, 2.45) is 0 Å². The fourth-order valence-electron chi connectivity index (χ4n) is 3.82. The highest BCUT2D eigenvalue weighted by Gasteiger charge is 2.35. The van der Waals surface area contributed by atoms with E-state index in [2.05, 4.69) is 11.0 Å². The van der Waals surface area contributed by atoms with Crippen molar-refractivity contribution in [1.82, 2.24) is 4.31 Å². The number of rotatable bonds is 5. The summed E-state index contributed by atoms with van der Waals surface area (Å²) in [5.74, 6) is 0. The predicted octanol–water partition coefficient (Wildman–Crippen LogP) is 3.02. The zero-order valence-corrected chi connectivity index (χ0v) is 16.8. The molecule has 150 valence electrons. The van der Waals surface area contributed by atoms with Gasteiger partial charge in [0, 0.05) is 36.6 Å². The van der Waals surface area contributed by atoms with Crippen LogP contribution >= 0.6 is 11.3 Å². The summed E-state index contributed by atoms with van der Waals surface area (Å²) in [6.07, 6.45) is 1.87. The number of sulfonamides is 1. The molecule has 0 saturated carbocycles. The first-order chi connectivity index (χ1) is 13.5. The molecule has 8 nitrogen and oxygen atoms in total. The Morgan fingerprint density at radius 2 is 1.96 bits per heavy atom. The van der Waals surface area contributed by atoms with Gasteiger partial charge in [-0.25, -0.2) is 8.42 Å². The Balaban J connectivity index is 1.80. The van der Waals surface area contributed by atoms with E-state index in [9.17, 15) is 18.5 Å². The molecule has 1 aromatic heterocycles. The zero-order valence-electron chi connectivity index (χ0n) is 15.2. The zero-order chi connectivity index (χ0) is 19.7. The molecule has 3 heterocycles. The van der Waals surface area contributed by atoms with Crippen molar-refractivity contribution in [3.05, 3.63) is 50.7 Å². The molecule has 2 aromatic rings. The van der Waals surface area contributed by atoms with Crippen LogP contribution < -0.4 is 4.90 Å². The van der Waals surface area contributed by atoms with Gasteiger partial charge in [0.25, 0.3) is 5.69 Å². The lowest BCUT2D eigenvalue weighted by Crippen LogP contribution is -2.41. The number of morpholine rings is 1. The number of ether oxygens (including phenoxy) is 1. The van der Waals surface area contributed by atoms with E-state index >= 15 is 0 Å². The molecule has 0 N–H and O–H groups in total. The third-order valence-corrected chi connectivity index (χ3v) is 8.08. The first-order valence-electron chi connectivity index (χ1n) is 9.15. The molecular formula is C18H21N3O5S2. The predicted molar refractivity (Wildman–Crippen MR) is 106 cm³/mol. The lowest BCUT2D eigenvalue weighted by molar-refractivity contribution is -0.385. The fraction of sp³-hybridized carbons (Fsp3) is 0.444. The summed E-state index contributed by atoms with van der Waals surface area (Å²) in [6.45, 7) is 1.86. The second-order valence-corrected chi connectivity index (χ2v) is 9.68. The van der Waals surface area contributed by atoms with Crippen LogP contribution in [0.1, 0.15) is 23.8 Å². The monoisotopic (exact) mass is 423 g/mol. The minimum absolute atomic E-state index is 0.00653. The van der Waals surface area contributed by atoms with Crippen LogP contribution in [0, 0.1) is 10.1 Å². The number of hydrogen-bond donors (Lipinski definition) is 0. The first-order valence-corrected chi connectivity index (χ1v) is 11.5. The van der Waals surface area contributed by atoms with Crippen LogP contribution in [0.3, 0.4) is 0 Å². The number of nitro benzene ring substituents is 1. The van der Waals surface area contributed by atoms with Crippen LogP contribution in [0.4, 0.5) is 11.4 Å². The third-order valence-electron chi connectivity index (χ3n) is 5.18. The second-order valence-electron chi connectivity index (χ2n) is 6.79. The second kappa shape index (κ2) is 7.78. The number of benzene rings is 1. The van der Waals surface area contributed by atoms with Crippen molar-refractivity contribution in [2.45, 2.75) is 23.8 Å². The van der Waals surface area contributed by atoms with Gasteiger partial charge in [0.15, 0.2) is 0 Å². The summed E-state index contributed by atoms with van der Waals surface area (Å²) in [7, 11) is -3.87. The van der Waals surface area contributed by atoms with Gasteiger partial charge in [-0.05, 0) is 30.4 Å². The lowest BCUT2D eigenvalue weighted by atomic mass is 10.1. The molecule has 0 aliphatic carbocycles. The molecule has 0 bridgehead atoms. The molecule has 28 heavy (non-hydrogen) atoms. The summed E-state index contributed by atoms with van der Waals surface area (Å²) in [6, 6.07) is 8.28. The number of anilines is 1. The average molecular weight is 424 g/mol. The Hall–Kier alpha value is -2.01. The van der Waals surface area contributed by atoms with Gasteiger partial charge in [-0.1, -0.05) is 6.07 Å². The molecule has 2 saturated heterocycles. The number of nitro groups is 1. The Morgan fingerprint density at radius 3 is 2.64 bits per heavy atom. The van der Waals surface area contributed by atoms with Gasteiger partial charge in [0.05, 0.1) is 29.9 Å². The molecule has 2 aliphatic rings. The highest BCUT2D eigenvalue weighted by Crippen LogP contribution is 2.42. The van der Waals surface area contributed by atoms with Crippen LogP contribution in [-0.2, 0) is 14.8 Å². The number of non-ortho nitro benzene ring substituents is 1. The van der Waals surface area contributed by atoms with Gasteiger partial charge in [-0.2, -0.15) is 4.31 Å². The number of thiophene rings is 1. The van der Waals surface area contributed by atoms with Crippen molar-refractivity contribution in [2.75, 3.05) is 37.7 Å². The molecule has 0 spiro atoms. The highest BCUT2D eigenvalue weighted by molar-refractivity contribution is 7.89. The van der Waals surface area contributed by atoms with Crippen LogP contribution in [-0.4, -0.2) is 50.5 Å². The maximum absolute atomic E-state index is 13.4. The third kappa shape index (κ3) is 3.52. The van der Waals surface area contributed by atoms with Crippen molar-refractivity contribution in [3.8, 4) is 0 Å². The fourth-order valence-corrected chi connectivity index (χ4v) is 6.32. The summed E-state index contributed by atoms with van der Waals surface area (Å²) >= 11 is 1.64. The van der Waals surface area contributed by atoms with E-state index in [0.29, 0.717) is 25.4 Å². The normalized spacial score (nSPS) is 21.1. The van der Waals surface area contributed by atoms with Crippen LogP contribution in [0.25, 0.3) is 0 Å². The molecule has 10 heteroatoms. The largest absolute Gasteiger partial charge is 0.379 e. The van der Waals surface area contributed by atoms with Gasteiger partial charge >= 0.3 is 0 Å². The van der Waals surface area contributed by atoms with Gasteiger partial charge in [0.1, 0.15) is 4.90 Å². The minimum Gasteiger partial charge on any atom is -0.379 e. The van der Waals surface area contributed by atoms with E-state index in [1.807, 2.05) is 11.4 Å². The van der Waals surface area contributed by atoms with Gasteiger partial charge < -0.3 is 9.64 Å². The molecule has 1 aromatic carbocycles. The maximum Gasteiger partial charge on any atom is 0.270 e. The van der Waals surface area contributed by atoms with Crippen LogP contribution in [0.15, 0.2) is 40.6 Å². The van der Waals surface area contributed by atoms with Gasteiger partial charge in [0.2, 0.25) is 10.0 Å². The first kappa shape index (κ1) is 19.3. The molecular weight excluding hydrogens is 402 g/mol. The summed E-state index contributed by atoms with van der Waals surface area (Å²) < 4.78 is 33.3. The quantitative estimate of drug-likeness (QED) is 0.542. The summed E-state index contributed by atoms with van der Waals surface area (Å²) in [5, 5.41) is 13.3. The molecule has 0 amide bonds. The summed E-state index contributed by atoms with van der Waals surface area (Å²) in [4.78, 5) is 14.0.